The number of hydrogen-bond donors (Lipinski definition) is 1. The highest BCUT2D eigenvalue weighted by Gasteiger charge is 2.40. The number of rotatable bonds is 3. The lowest BCUT2D eigenvalue weighted by Gasteiger charge is -2.29. The molecule has 102 valence electrons. The van der Waals surface area contributed by atoms with E-state index in [2.05, 4.69) is 15.9 Å². The molecule has 0 spiro atoms. The van der Waals surface area contributed by atoms with Crippen LogP contribution in [0, 0.1) is 11.6 Å². The minimum Gasteiger partial charge on any atom is -0.387 e. The van der Waals surface area contributed by atoms with Crippen molar-refractivity contribution < 1.29 is 22.3 Å². The van der Waals surface area contributed by atoms with E-state index in [4.69, 9.17) is 0 Å². The zero-order valence-corrected chi connectivity index (χ0v) is 12.4. The Morgan fingerprint density at radius 1 is 1.28 bits per heavy atom. The molecule has 0 aliphatic rings. The molecule has 1 unspecified atom stereocenters. The predicted octanol–water partition coefficient (Wildman–Crippen LogP) is 2.58. The van der Waals surface area contributed by atoms with Crippen molar-refractivity contribution in [2.24, 2.45) is 0 Å². The summed E-state index contributed by atoms with van der Waals surface area (Å²) in [5.41, 5.74) is -0.383. The third-order valence-corrected chi connectivity index (χ3v) is 5.69. The van der Waals surface area contributed by atoms with Gasteiger partial charge < -0.3 is 5.11 Å². The Morgan fingerprint density at radius 2 is 1.78 bits per heavy atom. The fourth-order valence-electron chi connectivity index (χ4n) is 1.32. The molecule has 1 N–H and O–H groups in total. The number of sulfone groups is 1. The quantitative estimate of drug-likeness (QED) is 0.859. The Balaban J connectivity index is 3.36. The van der Waals surface area contributed by atoms with E-state index < -0.39 is 32.3 Å². The van der Waals surface area contributed by atoms with Gasteiger partial charge in [-0.15, -0.1) is 0 Å². The van der Waals surface area contributed by atoms with Crippen LogP contribution in [0.25, 0.3) is 0 Å². The van der Waals surface area contributed by atoms with Gasteiger partial charge in [0.05, 0.1) is 9.22 Å². The molecule has 3 nitrogen and oxygen atoms in total. The lowest BCUT2D eigenvalue weighted by Crippen LogP contribution is -2.38. The molecule has 0 aliphatic heterocycles. The van der Waals surface area contributed by atoms with Crippen molar-refractivity contribution in [1.29, 1.82) is 0 Å². The molecule has 1 atom stereocenters. The van der Waals surface area contributed by atoms with Gasteiger partial charge in [-0.2, -0.15) is 0 Å². The summed E-state index contributed by atoms with van der Waals surface area (Å²) < 4.78 is 48.4. The highest BCUT2D eigenvalue weighted by atomic mass is 79.9. The number of aliphatic hydroxyl groups is 1. The Morgan fingerprint density at radius 3 is 2.22 bits per heavy atom. The normalized spacial score (nSPS) is 14.6. The minimum absolute atomic E-state index is 0.0897. The van der Waals surface area contributed by atoms with Crippen molar-refractivity contribution in [2.75, 3.05) is 6.26 Å². The van der Waals surface area contributed by atoms with E-state index in [1.54, 1.807) is 0 Å². The molecule has 1 aromatic carbocycles. The van der Waals surface area contributed by atoms with Crippen LogP contribution < -0.4 is 0 Å². The smallest absolute Gasteiger partial charge is 0.155 e. The van der Waals surface area contributed by atoms with Gasteiger partial charge in [0.15, 0.2) is 9.84 Å². The summed E-state index contributed by atoms with van der Waals surface area (Å²) in [6.07, 6.45) is -0.723. The van der Waals surface area contributed by atoms with Crippen LogP contribution in [-0.4, -0.2) is 24.5 Å². The van der Waals surface area contributed by atoms with Crippen LogP contribution in [0.5, 0.6) is 0 Å². The van der Waals surface area contributed by atoms with Gasteiger partial charge in [0.1, 0.15) is 17.7 Å². The first-order valence-electron chi connectivity index (χ1n) is 5.00. The monoisotopic (exact) mass is 342 g/mol. The molecule has 1 rings (SSSR count). The fraction of sp³-hybridized carbons (Fsp3) is 0.455. The fourth-order valence-corrected chi connectivity index (χ4v) is 2.17. The van der Waals surface area contributed by atoms with Crippen LogP contribution in [0.2, 0.25) is 0 Å². The number of hydrogen-bond acceptors (Lipinski definition) is 3. The first-order valence-corrected chi connectivity index (χ1v) is 7.69. The van der Waals surface area contributed by atoms with Gasteiger partial charge in [0.2, 0.25) is 0 Å². The third kappa shape index (κ3) is 2.73. The van der Waals surface area contributed by atoms with Crippen molar-refractivity contribution in [3.8, 4) is 0 Å². The van der Waals surface area contributed by atoms with Gasteiger partial charge in [-0.1, -0.05) is 0 Å². The summed E-state index contributed by atoms with van der Waals surface area (Å²) in [5.74, 6) is -1.64. The molecule has 0 amide bonds. The zero-order chi connectivity index (χ0) is 14.3. The standard InChI is InChI=1S/C11H13BrF2O3S/c1-11(2,18(3,16)17)10(15)6-4-9(14)7(12)5-8(6)13/h4-5,10,15H,1-3H3. The van der Waals surface area contributed by atoms with Crippen LogP contribution >= 0.6 is 15.9 Å². The second-order valence-electron chi connectivity index (χ2n) is 4.57. The van der Waals surface area contributed by atoms with E-state index >= 15 is 0 Å². The van der Waals surface area contributed by atoms with Gasteiger partial charge in [-0.3, -0.25) is 0 Å². The van der Waals surface area contributed by atoms with Crippen LogP contribution in [-0.2, 0) is 9.84 Å². The second-order valence-corrected chi connectivity index (χ2v) is 8.02. The average molecular weight is 343 g/mol. The second kappa shape index (κ2) is 4.86. The van der Waals surface area contributed by atoms with E-state index in [1.165, 1.54) is 13.8 Å². The Labute approximate surface area is 113 Å². The van der Waals surface area contributed by atoms with E-state index in [0.29, 0.717) is 0 Å². The Kier molecular flexibility index (Phi) is 4.19. The molecule has 0 aromatic heterocycles. The lowest BCUT2D eigenvalue weighted by molar-refractivity contribution is 0.135. The first kappa shape index (κ1) is 15.5. The molecule has 0 fully saturated rings. The summed E-state index contributed by atoms with van der Waals surface area (Å²) in [5, 5.41) is 9.98. The summed E-state index contributed by atoms with van der Waals surface area (Å²) in [7, 11) is -3.64. The predicted molar refractivity (Wildman–Crippen MR) is 67.9 cm³/mol. The Bertz CT molecular complexity index is 570. The van der Waals surface area contributed by atoms with Crippen LogP contribution in [0.3, 0.4) is 0 Å². The van der Waals surface area contributed by atoms with E-state index in [-0.39, 0.29) is 10.0 Å². The van der Waals surface area contributed by atoms with Crippen molar-refractivity contribution in [1.82, 2.24) is 0 Å². The first-order chi connectivity index (χ1) is 7.98. The molecule has 0 heterocycles. The van der Waals surface area contributed by atoms with Gasteiger partial charge in [-0.05, 0) is 41.9 Å². The molecular weight excluding hydrogens is 330 g/mol. The third-order valence-electron chi connectivity index (χ3n) is 2.95. The molecule has 0 aliphatic carbocycles. The van der Waals surface area contributed by atoms with Gasteiger partial charge in [0.25, 0.3) is 0 Å². The highest BCUT2D eigenvalue weighted by molar-refractivity contribution is 9.10. The number of benzene rings is 1. The molecule has 0 radical (unpaired) electrons. The van der Waals surface area contributed by atoms with Crippen molar-refractivity contribution >= 4 is 25.8 Å². The SMILES string of the molecule is CC(C)(C(O)c1cc(F)c(Br)cc1F)S(C)(=O)=O. The van der Waals surface area contributed by atoms with E-state index in [1.807, 2.05) is 0 Å². The van der Waals surface area contributed by atoms with Crippen LogP contribution in [0.15, 0.2) is 16.6 Å². The van der Waals surface area contributed by atoms with Crippen molar-refractivity contribution in [3.63, 3.8) is 0 Å². The molecule has 0 saturated carbocycles. The summed E-state index contributed by atoms with van der Waals surface area (Å²) in [6.45, 7) is 2.51. The highest BCUT2D eigenvalue weighted by Crippen LogP contribution is 2.34. The van der Waals surface area contributed by atoms with Crippen LogP contribution in [0.1, 0.15) is 25.5 Å². The lowest BCUT2D eigenvalue weighted by atomic mass is 9.97. The topological polar surface area (TPSA) is 54.4 Å². The maximum absolute atomic E-state index is 13.6. The summed E-state index contributed by atoms with van der Waals surface area (Å²) in [4.78, 5) is 0. The average Bonchev–Trinajstić information content (AvgIpc) is 2.20. The van der Waals surface area contributed by atoms with Crippen molar-refractivity contribution in [2.45, 2.75) is 24.7 Å². The maximum atomic E-state index is 13.6. The molecule has 1 aromatic rings. The molecule has 18 heavy (non-hydrogen) atoms. The van der Waals surface area contributed by atoms with Gasteiger partial charge >= 0.3 is 0 Å². The molecule has 7 heteroatoms. The number of aliphatic hydroxyl groups excluding tert-OH is 1. The van der Waals surface area contributed by atoms with E-state index in [9.17, 15) is 22.3 Å². The van der Waals surface area contributed by atoms with Gasteiger partial charge in [-0.25, -0.2) is 17.2 Å². The van der Waals surface area contributed by atoms with Crippen LogP contribution in [0.4, 0.5) is 8.78 Å². The number of halogens is 3. The summed E-state index contributed by atoms with van der Waals surface area (Å²) >= 11 is 2.80. The largest absolute Gasteiger partial charge is 0.387 e. The summed E-state index contributed by atoms with van der Waals surface area (Å²) in [6, 6.07) is 1.64. The molecule has 0 bridgehead atoms. The zero-order valence-electron chi connectivity index (χ0n) is 10.0. The molecule has 0 saturated heterocycles. The Hall–Kier alpha value is -0.530. The maximum Gasteiger partial charge on any atom is 0.155 e. The molecular formula is C11H13BrF2O3S. The minimum atomic E-state index is -3.64. The van der Waals surface area contributed by atoms with E-state index in [0.717, 1.165) is 18.4 Å². The van der Waals surface area contributed by atoms with Gasteiger partial charge in [0, 0.05) is 11.8 Å². The van der Waals surface area contributed by atoms with Crippen molar-refractivity contribution in [3.05, 3.63) is 33.8 Å².